The molecule has 0 aromatic carbocycles. The highest BCUT2D eigenvalue weighted by Crippen LogP contribution is 2.25. The zero-order valence-corrected chi connectivity index (χ0v) is 17.8. The van der Waals surface area contributed by atoms with Gasteiger partial charge in [0.1, 0.15) is 17.2 Å². The van der Waals surface area contributed by atoms with Crippen molar-refractivity contribution < 1.29 is 14.7 Å². The van der Waals surface area contributed by atoms with Crippen molar-refractivity contribution in [1.82, 2.24) is 24.6 Å². The van der Waals surface area contributed by atoms with Gasteiger partial charge in [0, 0.05) is 31.7 Å². The maximum absolute atomic E-state index is 12.8. The van der Waals surface area contributed by atoms with E-state index in [0.29, 0.717) is 29.4 Å². The number of nitrogens with one attached hydrogen (secondary N) is 3. The summed E-state index contributed by atoms with van der Waals surface area (Å²) in [5.74, 6) is 2.63. The zero-order valence-electron chi connectivity index (χ0n) is 17.8. The Labute approximate surface area is 188 Å². The molecule has 2 atom stereocenters. The van der Waals surface area contributed by atoms with Gasteiger partial charge in [-0.05, 0) is 37.1 Å². The Kier molecular flexibility index (Phi) is 5.17. The van der Waals surface area contributed by atoms with Gasteiger partial charge in [0.2, 0.25) is 0 Å². The van der Waals surface area contributed by atoms with E-state index in [0.717, 1.165) is 6.42 Å². The fourth-order valence-electron chi connectivity index (χ4n) is 3.76. The maximum Gasteiger partial charge on any atom is 0.257 e. The van der Waals surface area contributed by atoms with E-state index in [1.807, 2.05) is 30.5 Å². The van der Waals surface area contributed by atoms with Crippen LogP contribution in [-0.2, 0) is 4.79 Å². The van der Waals surface area contributed by atoms with Crippen LogP contribution in [0.3, 0.4) is 0 Å². The van der Waals surface area contributed by atoms with Crippen molar-refractivity contribution in [2.45, 2.75) is 25.0 Å². The number of hydrogen-bond donors (Lipinski definition) is 4. The standard InChI is InChI=1S/C22H22N8O3/c1-23-20-11-19(25-15-5-4-10-29(17(15)13-31)28-8-2-3-9-28)27-21-14(12-24-30(20)21)22(33)26-16-6-7-18(16)32/h2-5,8-12,16,18,23,32H,6-7H2,1H3,(H,25,27)(H,26,33)/t16-,18-/m1/s1. The highest BCUT2D eigenvalue weighted by molar-refractivity contribution is 6.00. The summed E-state index contributed by atoms with van der Waals surface area (Å²) in [6, 6.07) is 5.16. The SMILES string of the molecule is CNc1cc(NC2=CC=CN(n3cccc3)C2=C=O)nc2c(C(=O)N[C@@H]3CC[C@H]3O)cnn12. The van der Waals surface area contributed by atoms with Gasteiger partial charge in [-0.3, -0.25) is 9.47 Å². The highest BCUT2D eigenvalue weighted by Gasteiger charge is 2.31. The minimum absolute atomic E-state index is 0.267. The first kappa shape index (κ1) is 20.6. The van der Waals surface area contributed by atoms with Crippen molar-refractivity contribution in [1.29, 1.82) is 0 Å². The van der Waals surface area contributed by atoms with Crippen molar-refractivity contribution >= 4 is 29.1 Å². The number of rotatable bonds is 6. The third-order valence-corrected chi connectivity index (χ3v) is 5.70. The van der Waals surface area contributed by atoms with E-state index in [-0.39, 0.29) is 23.2 Å². The van der Waals surface area contributed by atoms with Crippen molar-refractivity contribution in [2.24, 2.45) is 0 Å². The van der Waals surface area contributed by atoms with E-state index in [9.17, 15) is 14.7 Å². The van der Waals surface area contributed by atoms with Gasteiger partial charge in [0.25, 0.3) is 5.91 Å². The van der Waals surface area contributed by atoms with Gasteiger partial charge >= 0.3 is 0 Å². The van der Waals surface area contributed by atoms with Crippen LogP contribution in [0.15, 0.2) is 66.5 Å². The number of carbonyl (C=O) groups is 1. The van der Waals surface area contributed by atoms with Gasteiger partial charge in [-0.1, -0.05) is 0 Å². The monoisotopic (exact) mass is 446 g/mol. The number of nitrogens with zero attached hydrogens (tertiary/aromatic N) is 5. The van der Waals surface area contributed by atoms with Gasteiger partial charge in [-0.15, -0.1) is 0 Å². The molecule has 3 aromatic rings. The smallest absolute Gasteiger partial charge is 0.257 e. The molecule has 168 valence electrons. The molecule has 0 spiro atoms. The fraction of sp³-hybridized carbons (Fsp3) is 0.227. The van der Waals surface area contributed by atoms with Crippen LogP contribution in [0, 0.1) is 0 Å². The molecule has 33 heavy (non-hydrogen) atoms. The lowest BCUT2D eigenvalue weighted by atomic mass is 9.89. The van der Waals surface area contributed by atoms with Crippen LogP contribution in [0.2, 0.25) is 0 Å². The molecular formula is C22H22N8O3. The number of fused-ring (bicyclic) bond motifs is 1. The Hall–Kier alpha value is -4.34. The van der Waals surface area contributed by atoms with Crippen LogP contribution in [-0.4, -0.2) is 55.4 Å². The van der Waals surface area contributed by atoms with E-state index in [4.69, 9.17) is 0 Å². The molecule has 1 saturated carbocycles. The number of allylic oxidation sites excluding steroid dienone is 2. The summed E-state index contributed by atoms with van der Waals surface area (Å²) in [5, 5.41) is 24.7. The van der Waals surface area contributed by atoms with Gasteiger partial charge in [0.05, 0.1) is 24.0 Å². The summed E-state index contributed by atoms with van der Waals surface area (Å²) in [4.78, 5) is 29.2. The molecule has 2 aliphatic rings. The molecule has 0 radical (unpaired) electrons. The van der Waals surface area contributed by atoms with Crippen molar-refractivity contribution in [3.05, 3.63) is 72.1 Å². The molecule has 1 aliphatic heterocycles. The second-order valence-corrected chi connectivity index (χ2v) is 7.70. The molecule has 11 nitrogen and oxygen atoms in total. The number of aromatic nitrogens is 4. The highest BCUT2D eigenvalue weighted by atomic mass is 16.3. The summed E-state index contributed by atoms with van der Waals surface area (Å²) in [5.41, 5.74) is 1.38. The molecule has 1 amide bonds. The van der Waals surface area contributed by atoms with Gasteiger partial charge in [-0.2, -0.15) is 9.61 Å². The van der Waals surface area contributed by atoms with Crippen LogP contribution >= 0.6 is 0 Å². The fourth-order valence-corrected chi connectivity index (χ4v) is 3.76. The quantitative estimate of drug-likeness (QED) is 0.413. The lowest BCUT2D eigenvalue weighted by Crippen LogP contribution is -2.50. The molecule has 0 bridgehead atoms. The molecular weight excluding hydrogens is 424 g/mol. The van der Waals surface area contributed by atoms with Crippen LogP contribution < -0.4 is 21.0 Å². The normalized spacial score (nSPS) is 19.6. The third-order valence-electron chi connectivity index (χ3n) is 5.70. The number of hydrogen-bond acceptors (Lipinski definition) is 8. The summed E-state index contributed by atoms with van der Waals surface area (Å²) in [7, 11) is 1.73. The summed E-state index contributed by atoms with van der Waals surface area (Å²) < 4.78 is 3.27. The molecule has 3 aromatic heterocycles. The molecule has 4 N–H and O–H groups in total. The van der Waals surface area contributed by atoms with Crippen LogP contribution in [0.25, 0.3) is 5.65 Å². The van der Waals surface area contributed by atoms with E-state index >= 15 is 0 Å². The first-order valence-corrected chi connectivity index (χ1v) is 10.5. The van der Waals surface area contributed by atoms with E-state index in [1.165, 1.54) is 10.7 Å². The molecule has 1 aliphatic carbocycles. The lowest BCUT2D eigenvalue weighted by molar-refractivity contribution is 0.0448. The van der Waals surface area contributed by atoms with Crippen LogP contribution in [0.1, 0.15) is 23.2 Å². The number of anilines is 2. The largest absolute Gasteiger partial charge is 0.391 e. The molecule has 0 unspecified atom stereocenters. The van der Waals surface area contributed by atoms with E-state index < -0.39 is 6.10 Å². The van der Waals surface area contributed by atoms with Crippen molar-refractivity contribution in [2.75, 3.05) is 22.7 Å². The number of aliphatic hydroxyl groups excluding tert-OH is 1. The molecule has 1 fully saturated rings. The van der Waals surface area contributed by atoms with Gasteiger partial charge in [-0.25, -0.2) is 14.8 Å². The Balaban J connectivity index is 1.47. The third kappa shape index (κ3) is 3.65. The summed E-state index contributed by atoms with van der Waals surface area (Å²) >= 11 is 0. The first-order chi connectivity index (χ1) is 16.1. The van der Waals surface area contributed by atoms with E-state index in [1.54, 1.807) is 41.2 Å². The minimum Gasteiger partial charge on any atom is -0.391 e. The number of carbonyl (C=O) groups excluding carboxylic acids is 2. The van der Waals surface area contributed by atoms with Crippen LogP contribution in [0.5, 0.6) is 0 Å². The minimum atomic E-state index is -0.531. The Morgan fingerprint density at radius 2 is 2.09 bits per heavy atom. The molecule has 0 saturated heterocycles. The summed E-state index contributed by atoms with van der Waals surface area (Å²) in [6.07, 6.45) is 11.2. The topological polar surface area (TPSA) is 129 Å². The Bertz CT molecular complexity index is 1320. The molecule has 11 heteroatoms. The molecule has 5 rings (SSSR count). The van der Waals surface area contributed by atoms with Crippen LogP contribution in [0.4, 0.5) is 11.6 Å². The molecule has 4 heterocycles. The average molecular weight is 446 g/mol. The van der Waals surface area contributed by atoms with E-state index in [2.05, 4.69) is 26.0 Å². The van der Waals surface area contributed by atoms with Gasteiger partial charge < -0.3 is 21.1 Å². The number of aliphatic hydroxyl groups is 1. The maximum atomic E-state index is 12.8. The predicted octanol–water partition coefficient (Wildman–Crippen LogP) is 1.00. The second-order valence-electron chi connectivity index (χ2n) is 7.70. The van der Waals surface area contributed by atoms with Crippen molar-refractivity contribution in [3.63, 3.8) is 0 Å². The van der Waals surface area contributed by atoms with Gasteiger partial charge in [0.15, 0.2) is 17.3 Å². The Morgan fingerprint density at radius 3 is 2.76 bits per heavy atom. The number of amides is 1. The first-order valence-electron chi connectivity index (χ1n) is 10.5. The second kappa shape index (κ2) is 8.30. The summed E-state index contributed by atoms with van der Waals surface area (Å²) in [6.45, 7) is 0. The van der Waals surface area contributed by atoms with Crippen molar-refractivity contribution in [3.8, 4) is 0 Å². The zero-order chi connectivity index (χ0) is 22.9. The lowest BCUT2D eigenvalue weighted by Gasteiger charge is -2.32. The predicted molar refractivity (Wildman–Crippen MR) is 122 cm³/mol. The average Bonchev–Trinajstić information content (AvgIpc) is 3.51. The Morgan fingerprint density at radius 1 is 1.27 bits per heavy atom.